The number of carbonyl (C=O) groups is 1. The average molecular weight is 263 g/mol. The van der Waals surface area contributed by atoms with Gasteiger partial charge in [0, 0.05) is 11.4 Å². The van der Waals surface area contributed by atoms with Gasteiger partial charge in [0.05, 0.1) is 0 Å². The SMILES string of the molecule is C=C(C)CCl.NN.O=C(Cl)c1ccccc1. The number of nitrogens with two attached hydrogens (primary N) is 2. The third-order valence-electron chi connectivity index (χ3n) is 1.23. The van der Waals surface area contributed by atoms with Gasteiger partial charge in [-0.2, -0.15) is 0 Å². The maximum absolute atomic E-state index is 10.4. The molecule has 0 aliphatic carbocycles. The molecule has 0 amide bonds. The maximum atomic E-state index is 10.4. The molecule has 3 nitrogen and oxygen atoms in total. The minimum atomic E-state index is -0.407. The van der Waals surface area contributed by atoms with Crippen LogP contribution in [0.4, 0.5) is 0 Å². The summed E-state index contributed by atoms with van der Waals surface area (Å²) in [5.41, 5.74) is 1.56. The highest BCUT2D eigenvalue weighted by Crippen LogP contribution is 2.01. The van der Waals surface area contributed by atoms with Crippen LogP contribution in [-0.4, -0.2) is 11.1 Å². The molecule has 0 saturated carbocycles. The third-order valence-corrected chi connectivity index (χ3v) is 1.90. The van der Waals surface area contributed by atoms with Crippen molar-refractivity contribution in [2.45, 2.75) is 6.92 Å². The fourth-order valence-electron chi connectivity index (χ4n) is 0.569. The molecular weight excluding hydrogens is 247 g/mol. The molecular formula is C11H16Cl2N2O. The fourth-order valence-corrected chi connectivity index (χ4v) is 0.695. The van der Waals surface area contributed by atoms with Gasteiger partial charge in [0.25, 0.3) is 5.24 Å². The van der Waals surface area contributed by atoms with Crippen LogP contribution in [0.15, 0.2) is 42.5 Å². The molecule has 4 N–H and O–H groups in total. The molecule has 0 aliphatic rings. The molecule has 16 heavy (non-hydrogen) atoms. The quantitative estimate of drug-likeness (QED) is 0.283. The standard InChI is InChI=1S/C7H5ClO.C4H7Cl.H4N2/c8-7(9)6-4-2-1-3-5-6;1-4(2)3-5;1-2/h1-5H;1,3H2,2H3;1-2H2. The first-order valence-corrected chi connectivity index (χ1v) is 5.27. The summed E-state index contributed by atoms with van der Waals surface area (Å²) in [4.78, 5) is 10.4. The summed E-state index contributed by atoms with van der Waals surface area (Å²) >= 11 is 10.4. The number of allylic oxidation sites excluding steroid dienone is 1. The second-order valence-corrected chi connectivity index (χ2v) is 3.34. The van der Waals surface area contributed by atoms with Crippen LogP contribution in [0.1, 0.15) is 17.3 Å². The van der Waals surface area contributed by atoms with Crippen LogP contribution >= 0.6 is 23.2 Å². The lowest BCUT2D eigenvalue weighted by molar-refractivity contribution is 0.108. The van der Waals surface area contributed by atoms with Crippen LogP contribution in [0.3, 0.4) is 0 Å². The molecule has 0 heterocycles. The van der Waals surface area contributed by atoms with Gasteiger partial charge in [-0.15, -0.1) is 11.6 Å². The van der Waals surface area contributed by atoms with E-state index in [1.807, 2.05) is 13.0 Å². The zero-order valence-electron chi connectivity index (χ0n) is 9.12. The summed E-state index contributed by atoms with van der Waals surface area (Å²) in [6.07, 6.45) is 0. The lowest BCUT2D eigenvalue weighted by atomic mass is 10.2. The van der Waals surface area contributed by atoms with Crippen molar-refractivity contribution in [2.75, 3.05) is 5.88 Å². The van der Waals surface area contributed by atoms with Gasteiger partial charge in [-0.3, -0.25) is 16.5 Å². The Morgan fingerprint density at radius 2 is 1.69 bits per heavy atom. The van der Waals surface area contributed by atoms with Gasteiger partial charge >= 0.3 is 0 Å². The largest absolute Gasteiger partial charge is 0.276 e. The summed E-state index contributed by atoms with van der Waals surface area (Å²) < 4.78 is 0. The molecule has 0 aliphatic heterocycles. The van der Waals surface area contributed by atoms with Gasteiger partial charge < -0.3 is 0 Å². The van der Waals surface area contributed by atoms with Crippen LogP contribution in [-0.2, 0) is 0 Å². The van der Waals surface area contributed by atoms with Crippen molar-refractivity contribution in [1.82, 2.24) is 0 Å². The molecule has 0 unspecified atom stereocenters. The average Bonchev–Trinajstić information content (AvgIpc) is 2.33. The van der Waals surface area contributed by atoms with Crippen LogP contribution in [0.2, 0.25) is 0 Å². The summed E-state index contributed by atoms with van der Waals surface area (Å²) in [7, 11) is 0. The zero-order valence-corrected chi connectivity index (χ0v) is 10.6. The number of hydrogen-bond donors (Lipinski definition) is 2. The summed E-state index contributed by atoms with van der Waals surface area (Å²) in [5, 5.41) is -0.407. The van der Waals surface area contributed by atoms with Gasteiger partial charge in [0.2, 0.25) is 0 Å². The predicted molar refractivity (Wildman–Crippen MR) is 70.5 cm³/mol. The van der Waals surface area contributed by atoms with E-state index in [4.69, 9.17) is 23.2 Å². The molecule has 0 atom stereocenters. The topological polar surface area (TPSA) is 69.1 Å². The molecule has 0 bridgehead atoms. The third kappa shape index (κ3) is 11.2. The smallest absolute Gasteiger partial charge is 0.252 e. The van der Waals surface area contributed by atoms with E-state index in [2.05, 4.69) is 18.3 Å². The molecule has 0 saturated heterocycles. The fraction of sp³-hybridized carbons (Fsp3) is 0.182. The van der Waals surface area contributed by atoms with E-state index in [0.717, 1.165) is 5.57 Å². The molecule has 1 rings (SSSR count). The second-order valence-electron chi connectivity index (χ2n) is 2.73. The number of hydrogen-bond acceptors (Lipinski definition) is 3. The minimum Gasteiger partial charge on any atom is -0.276 e. The molecule has 0 spiro atoms. The monoisotopic (exact) mass is 262 g/mol. The lowest BCUT2D eigenvalue weighted by Gasteiger charge is -1.87. The van der Waals surface area contributed by atoms with Gasteiger partial charge in [-0.25, -0.2) is 0 Å². The summed E-state index contributed by atoms with van der Waals surface area (Å²) in [5.74, 6) is 8.58. The van der Waals surface area contributed by atoms with Crippen LogP contribution in [0.5, 0.6) is 0 Å². The zero-order chi connectivity index (χ0) is 13.0. The van der Waals surface area contributed by atoms with Crippen LogP contribution < -0.4 is 11.7 Å². The van der Waals surface area contributed by atoms with E-state index in [1.54, 1.807) is 24.3 Å². The Labute approximate surface area is 106 Å². The van der Waals surface area contributed by atoms with E-state index in [9.17, 15) is 4.79 Å². The molecule has 0 radical (unpaired) electrons. The van der Waals surface area contributed by atoms with Gasteiger partial charge in [-0.05, 0) is 18.5 Å². The number of benzene rings is 1. The summed E-state index contributed by atoms with van der Waals surface area (Å²) in [6, 6.07) is 8.74. The Hall–Kier alpha value is -0.870. The predicted octanol–water partition coefficient (Wildman–Crippen LogP) is 2.69. The van der Waals surface area contributed by atoms with Gasteiger partial charge in [0.15, 0.2) is 0 Å². The van der Waals surface area contributed by atoms with Crippen LogP contribution in [0, 0.1) is 0 Å². The van der Waals surface area contributed by atoms with E-state index in [1.165, 1.54) is 0 Å². The molecule has 1 aromatic carbocycles. The molecule has 5 heteroatoms. The highest BCUT2D eigenvalue weighted by atomic mass is 35.5. The van der Waals surface area contributed by atoms with Crippen molar-refractivity contribution in [1.29, 1.82) is 0 Å². The van der Waals surface area contributed by atoms with Crippen molar-refractivity contribution in [3.8, 4) is 0 Å². The van der Waals surface area contributed by atoms with Gasteiger partial charge in [0.1, 0.15) is 0 Å². The Morgan fingerprint density at radius 1 is 1.31 bits per heavy atom. The normalized spacial score (nSPS) is 7.81. The highest BCUT2D eigenvalue weighted by molar-refractivity contribution is 6.67. The molecule has 0 fully saturated rings. The van der Waals surface area contributed by atoms with Crippen molar-refractivity contribution >= 4 is 28.4 Å². The number of carbonyl (C=O) groups excluding carboxylic acids is 1. The van der Waals surface area contributed by atoms with E-state index in [0.29, 0.717) is 11.4 Å². The first-order valence-electron chi connectivity index (χ1n) is 4.36. The van der Waals surface area contributed by atoms with Crippen molar-refractivity contribution in [3.63, 3.8) is 0 Å². The minimum absolute atomic E-state index is 0.407. The lowest BCUT2D eigenvalue weighted by Crippen LogP contribution is -2.02. The first kappa shape index (κ1) is 17.5. The van der Waals surface area contributed by atoms with Crippen LogP contribution in [0.25, 0.3) is 0 Å². The second kappa shape index (κ2) is 12.2. The van der Waals surface area contributed by atoms with Crippen molar-refractivity contribution < 1.29 is 4.79 Å². The number of hydrazine groups is 1. The van der Waals surface area contributed by atoms with Crippen molar-refractivity contribution in [2.24, 2.45) is 11.7 Å². The van der Waals surface area contributed by atoms with E-state index < -0.39 is 5.24 Å². The number of halogens is 2. The Kier molecular flexibility index (Phi) is 13.4. The Balaban J connectivity index is 0. The Morgan fingerprint density at radius 3 is 1.88 bits per heavy atom. The van der Waals surface area contributed by atoms with E-state index in [-0.39, 0.29) is 0 Å². The number of alkyl halides is 1. The first-order chi connectivity index (χ1) is 7.57. The van der Waals surface area contributed by atoms with E-state index >= 15 is 0 Å². The van der Waals surface area contributed by atoms with Crippen molar-refractivity contribution in [3.05, 3.63) is 48.0 Å². The molecule has 90 valence electrons. The molecule has 0 aromatic heterocycles. The number of rotatable bonds is 2. The van der Waals surface area contributed by atoms with Gasteiger partial charge in [-0.1, -0.05) is 42.5 Å². The molecule has 1 aromatic rings. The maximum Gasteiger partial charge on any atom is 0.252 e. The highest BCUT2D eigenvalue weighted by Gasteiger charge is 1.95. The Bertz CT molecular complexity index is 302. The summed E-state index contributed by atoms with van der Waals surface area (Å²) in [6.45, 7) is 5.44.